The number of β-amino-alcohol motifs (C(OH)–C–C–N with tert-alkyl or cyclic N) is 1. The average molecular weight is 491 g/mol. The second-order valence-electron chi connectivity index (χ2n) is 7.51. The first-order valence-electron chi connectivity index (χ1n) is 10.1. The molecule has 0 aromatic heterocycles. The molecule has 1 aromatic carbocycles. The van der Waals surface area contributed by atoms with Crippen molar-refractivity contribution in [1.82, 2.24) is 15.5 Å². The zero-order valence-corrected chi connectivity index (χ0v) is 19.0. The van der Waals surface area contributed by atoms with Crippen LogP contribution in [0.1, 0.15) is 29.6 Å². The number of aliphatic hydroxyl groups is 1. The van der Waals surface area contributed by atoms with Crippen LogP contribution in [0.3, 0.4) is 0 Å². The lowest BCUT2D eigenvalue weighted by molar-refractivity contribution is 0.0218. The zero-order valence-electron chi connectivity index (χ0n) is 16.7. The number of ether oxygens (including phenoxy) is 2. The van der Waals surface area contributed by atoms with Crippen LogP contribution in [0.15, 0.2) is 10.5 Å². The average Bonchev–Trinajstić information content (AvgIpc) is 2.96. The van der Waals surface area contributed by atoms with Crippen LogP contribution in [0.25, 0.3) is 0 Å². The van der Waals surface area contributed by atoms with Crippen molar-refractivity contribution in [2.45, 2.75) is 25.4 Å². The minimum atomic E-state index is -0.455. The molecule has 3 rings (SSSR count). The van der Waals surface area contributed by atoms with Gasteiger partial charge in [0, 0.05) is 25.4 Å². The van der Waals surface area contributed by atoms with E-state index in [0.717, 1.165) is 38.9 Å². The Labute approximate surface area is 185 Å². The van der Waals surface area contributed by atoms with Gasteiger partial charge in [-0.25, -0.2) is 0 Å². The normalized spacial score (nSPS) is 22.2. The van der Waals surface area contributed by atoms with Gasteiger partial charge in [-0.3, -0.25) is 4.79 Å². The maximum atomic E-state index is 12.9. The molecule has 3 N–H and O–H groups in total. The summed E-state index contributed by atoms with van der Waals surface area (Å²) in [5, 5.41) is 17.0. The molecule has 162 valence electrons. The quantitative estimate of drug-likeness (QED) is 0.509. The van der Waals surface area contributed by atoms with Gasteiger partial charge in [0.15, 0.2) is 11.5 Å². The summed E-state index contributed by atoms with van der Waals surface area (Å²) in [6.45, 7) is 4.90. The van der Waals surface area contributed by atoms with Gasteiger partial charge in [0.1, 0.15) is 0 Å². The first-order chi connectivity index (χ1) is 14.0. The Hall–Kier alpha value is -1.06. The summed E-state index contributed by atoms with van der Waals surface area (Å²) in [7, 11) is 1.94. The topological polar surface area (TPSA) is 83.1 Å². The van der Waals surface area contributed by atoms with Crippen LogP contribution >= 0.6 is 27.5 Å². The molecule has 0 radical (unpaired) electrons. The highest BCUT2D eigenvalue weighted by atomic mass is 79.9. The molecule has 0 aliphatic carbocycles. The summed E-state index contributed by atoms with van der Waals surface area (Å²) in [6.07, 6.45) is 2.18. The number of hydrogen-bond donors (Lipinski definition) is 3. The molecule has 0 bridgehead atoms. The largest absolute Gasteiger partial charge is 0.489 e. The molecule has 29 heavy (non-hydrogen) atoms. The zero-order chi connectivity index (χ0) is 20.8. The third kappa shape index (κ3) is 5.76. The van der Waals surface area contributed by atoms with Crippen molar-refractivity contribution >= 4 is 33.4 Å². The van der Waals surface area contributed by atoms with E-state index in [9.17, 15) is 9.90 Å². The fraction of sp³-hybridized carbons (Fsp3) is 0.650. The second-order valence-corrected chi connectivity index (χ2v) is 8.71. The monoisotopic (exact) mass is 489 g/mol. The number of benzene rings is 1. The number of hydrogen-bond acceptors (Lipinski definition) is 6. The predicted octanol–water partition coefficient (Wildman–Crippen LogP) is 2.29. The lowest BCUT2D eigenvalue weighted by Crippen LogP contribution is -2.48. The Morgan fingerprint density at radius 1 is 1.38 bits per heavy atom. The van der Waals surface area contributed by atoms with Crippen molar-refractivity contribution in [3.63, 3.8) is 0 Å². The maximum absolute atomic E-state index is 12.9. The van der Waals surface area contributed by atoms with Gasteiger partial charge in [0.2, 0.25) is 0 Å². The molecule has 1 fully saturated rings. The van der Waals surface area contributed by atoms with Crippen LogP contribution in [-0.2, 0) is 0 Å². The van der Waals surface area contributed by atoms with E-state index in [1.807, 2.05) is 7.05 Å². The minimum absolute atomic E-state index is 0.0289. The molecule has 2 heterocycles. The smallest absolute Gasteiger partial charge is 0.255 e. The molecule has 1 unspecified atom stereocenters. The highest BCUT2D eigenvalue weighted by molar-refractivity contribution is 9.10. The molecule has 7 nitrogen and oxygen atoms in total. The summed E-state index contributed by atoms with van der Waals surface area (Å²) in [6, 6.07) is 1.59. The molecule has 9 heteroatoms. The van der Waals surface area contributed by atoms with E-state index in [1.54, 1.807) is 6.07 Å². The van der Waals surface area contributed by atoms with Gasteiger partial charge in [0.05, 0.1) is 34.4 Å². The van der Waals surface area contributed by atoms with Crippen LogP contribution in [0.5, 0.6) is 11.5 Å². The van der Waals surface area contributed by atoms with Crippen LogP contribution in [0, 0.1) is 5.92 Å². The summed E-state index contributed by atoms with van der Waals surface area (Å²) in [5.74, 6) is 0.636. The highest BCUT2D eigenvalue weighted by Crippen LogP contribution is 2.44. The van der Waals surface area contributed by atoms with Crippen molar-refractivity contribution in [2.24, 2.45) is 5.92 Å². The molecule has 0 spiro atoms. The van der Waals surface area contributed by atoms with E-state index in [1.165, 1.54) is 0 Å². The molecule has 1 amide bonds. The molecule has 1 aromatic rings. The molecule has 2 aliphatic heterocycles. The van der Waals surface area contributed by atoms with Gasteiger partial charge in [-0.05, 0) is 61.5 Å². The third-order valence-corrected chi connectivity index (χ3v) is 6.70. The summed E-state index contributed by atoms with van der Waals surface area (Å²) >= 11 is 9.69. The number of carbonyl (C=O) groups is 1. The van der Waals surface area contributed by atoms with E-state index < -0.39 is 6.10 Å². The minimum Gasteiger partial charge on any atom is -0.489 e. The van der Waals surface area contributed by atoms with Crippen molar-refractivity contribution < 1.29 is 19.4 Å². The molecule has 1 saturated heterocycles. The fourth-order valence-electron chi connectivity index (χ4n) is 3.72. The van der Waals surface area contributed by atoms with E-state index in [2.05, 4.69) is 31.5 Å². The van der Waals surface area contributed by atoms with Crippen LogP contribution in [-0.4, -0.2) is 75.0 Å². The number of likely N-dealkylation sites (tertiary alicyclic amines) is 1. The van der Waals surface area contributed by atoms with Gasteiger partial charge >= 0.3 is 0 Å². The van der Waals surface area contributed by atoms with E-state index >= 15 is 0 Å². The van der Waals surface area contributed by atoms with E-state index in [0.29, 0.717) is 52.9 Å². The predicted molar refractivity (Wildman–Crippen MR) is 116 cm³/mol. The van der Waals surface area contributed by atoms with Crippen molar-refractivity contribution in [1.29, 1.82) is 0 Å². The molecular weight excluding hydrogens is 462 g/mol. The van der Waals surface area contributed by atoms with E-state index in [-0.39, 0.29) is 11.8 Å². The highest BCUT2D eigenvalue weighted by Gasteiger charge is 2.29. The summed E-state index contributed by atoms with van der Waals surface area (Å²) in [5.41, 5.74) is 0.356. The Balaban J connectivity index is 1.60. The number of halogens is 2. The first kappa shape index (κ1) is 22.6. The van der Waals surface area contributed by atoms with Crippen LogP contribution in [0.4, 0.5) is 0 Å². The number of nitrogens with one attached hydrogen (secondary N) is 2. The van der Waals surface area contributed by atoms with Gasteiger partial charge in [0.25, 0.3) is 5.91 Å². The molecular formula is C20H29BrClN3O4. The van der Waals surface area contributed by atoms with Crippen LogP contribution in [0.2, 0.25) is 5.02 Å². The molecule has 2 aliphatic rings. The lowest BCUT2D eigenvalue weighted by atomic mass is 9.93. The van der Waals surface area contributed by atoms with Gasteiger partial charge in [-0.1, -0.05) is 11.6 Å². The van der Waals surface area contributed by atoms with E-state index in [4.69, 9.17) is 21.1 Å². The lowest BCUT2D eigenvalue weighted by Gasteiger charge is -2.36. The standard InChI is InChI=1S/C20H29BrClN3O4/c1-23-5-2-6-25-7-4-13(16(26)12-25)11-24-20(27)14-10-15(22)17(21)19-18(14)28-8-3-9-29-19/h10,13,16,23,26H,2-9,11-12H2,1H3,(H,24,27)/t13-,16?/m0/s1. The number of carbonyl (C=O) groups excluding carboxylic acids is 1. The SMILES string of the molecule is CNCCCN1CC[C@@H](CNC(=O)c2cc(Cl)c(Br)c3c2OCCCO3)C(O)C1. The Bertz CT molecular complexity index is 721. The van der Waals surface area contributed by atoms with Gasteiger partial charge < -0.3 is 30.1 Å². The summed E-state index contributed by atoms with van der Waals surface area (Å²) in [4.78, 5) is 15.1. The molecule has 2 atom stereocenters. The van der Waals surface area contributed by atoms with Gasteiger partial charge in [-0.2, -0.15) is 0 Å². The Morgan fingerprint density at radius 3 is 2.86 bits per heavy atom. The number of piperidine rings is 1. The number of fused-ring (bicyclic) bond motifs is 1. The number of aliphatic hydroxyl groups excluding tert-OH is 1. The van der Waals surface area contributed by atoms with Crippen molar-refractivity contribution in [3.8, 4) is 11.5 Å². The number of nitrogens with zero attached hydrogens (tertiary/aromatic N) is 1. The first-order valence-corrected chi connectivity index (χ1v) is 11.3. The Kier molecular flexibility index (Phi) is 8.44. The second kappa shape index (κ2) is 10.8. The van der Waals surface area contributed by atoms with Crippen molar-refractivity contribution in [2.75, 3.05) is 53.0 Å². The summed E-state index contributed by atoms with van der Waals surface area (Å²) < 4.78 is 12.1. The molecule has 0 saturated carbocycles. The van der Waals surface area contributed by atoms with Crippen LogP contribution < -0.4 is 20.1 Å². The number of amides is 1. The third-order valence-electron chi connectivity index (χ3n) is 5.39. The fourth-order valence-corrected chi connectivity index (χ4v) is 4.32. The Morgan fingerprint density at radius 2 is 2.14 bits per heavy atom. The maximum Gasteiger partial charge on any atom is 0.255 e. The van der Waals surface area contributed by atoms with Crippen molar-refractivity contribution in [3.05, 3.63) is 21.1 Å². The van der Waals surface area contributed by atoms with Gasteiger partial charge in [-0.15, -0.1) is 0 Å². The number of rotatable bonds is 7.